The first-order chi connectivity index (χ1) is 19.2. The molecule has 0 aromatic heterocycles. The molecule has 0 spiro atoms. The van der Waals surface area contributed by atoms with Crippen LogP contribution in [0.15, 0.2) is 114 Å². The number of aliphatic imine (C=N–C) groups is 1. The molecule has 39 heavy (non-hydrogen) atoms. The molecular weight excluding hydrogens is 474 g/mol. The van der Waals surface area contributed by atoms with Crippen LogP contribution in [0.4, 0.5) is 17.1 Å². The number of para-hydroxylation sites is 1. The molecule has 1 aliphatic rings. The van der Waals surface area contributed by atoms with Crippen molar-refractivity contribution in [1.29, 1.82) is 0 Å². The average molecular weight is 514 g/mol. The lowest BCUT2D eigenvalue weighted by Crippen LogP contribution is -2.21. The first-order valence-electron chi connectivity index (χ1n) is 14.3. The molecular formula is C36H39N3. The van der Waals surface area contributed by atoms with Crippen LogP contribution in [-0.2, 0) is 0 Å². The van der Waals surface area contributed by atoms with Gasteiger partial charge in [0.05, 0.1) is 11.4 Å². The van der Waals surface area contributed by atoms with Crippen molar-refractivity contribution in [3.8, 4) is 0 Å². The van der Waals surface area contributed by atoms with Gasteiger partial charge >= 0.3 is 0 Å². The van der Waals surface area contributed by atoms with Crippen LogP contribution in [0.1, 0.15) is 55.9 Å². The number of fused-ring (bicyclic) bond motifs is 1. The summed E-state index contributed by atoms with van der Waals surface area (Å²) in [6.45, 7) is 12.8. The zero-order chi connectivity index (χ0) is 27.2. The Hall–Kier alpha value is -4.11. The van der Waals surface area contributed by atoms with Gasteiger partial charge in [-0.15, -0.1) is 0 Å². The number of benzene rings is 4. The number of hydrogen-bond donors (Lipinski definition) is 0. The molecule has 1 aliphatic heterocycles. The van der Waals surface area contributed by atoms with Crippen LogP contribution in [0.25, 0.3) is 5.57 Å². The summed E-state index contributed by atoms with van der Waals surface area (Å²) in [6, 6.07) is 37.3. The maximum Gasteiger partial charge on any atom is 0.0675 e. The van der Waals surface area contributed by atoms with Crippen LogP contribution in [0.5, 0.6) is 0 Å². The Labute approximate surface area is 234 Å². The van der Waals surface area contributed by atoms with E-state index in [9.17, 15) is 0 Å². The maximum atomic E-state index is 5.12. The fraction of sp³-hybridized carbons (Fsp3) is 0.250. The number of allylic oxidation sites excluding steroid dienone is 1. The Morgan fingerprint density at radius 1 is 0.615 bits per heavy atom. The first kappa shape index (κ1) is 26.5. The van der Waals surface area contributed by atoms with Crippen LogP contribution >= 0.6 is 0 Å². The molecule has 4 aromatic carbocycles. The molecule has 0 aliphatic carbocycles. The highest BCUT2D eigenvalue weighted by Gasteiger charge is 2.27. The topological polar surface area (TPSA) is 18.8 Å². The summed E-state index contributed by atoms with van der Waals surface area (Å²) in [5, 5.41) is 0. The van der Waals surface area contributed by atoms with Gasteiger partial charge in [0.15, 0.2) is 0 Å². The standard InChI is InChI=1S/C36H39N3/c1-5-38(6-2)30-22-18-27(19-23-30)33(28-20-24-31(25-21-28)39(7-3)8-4)26-34-32-16-12-13-17-35(32)37-36(34)29-14-10-9-11-15-29/h9-26,34H,5-8H2,1-4H3/t34-/m0/s1. The SMILES string of the molecule is CCN(CC)c1ccc(C(=C[C@@H]2C(c3ccccc3)=Nc3ccccc32)c2ccc(N(CC)CC)cc2)cc1. The minimum absolute atomic E-state index is 0.0727. The zero-order valence-corrected chi connectivity index (χ0v) is 23.6. The quantitative estimate of drug-likeness (QED) is 0.211. The van der Waals surface area contributed by atoms with E-state index in [2.05, 4.69) is 147 Å². The fourth-order valence-corrected chi connectivity index (χ4v) is 5.63. The van der Waals surface area contributed by atoms with Gasteiger partial charge in [0.25, 0.3) is 0 Å². The summed E-state index contributed by atoms with van der Waals surface area (Å²) in [4.78, 5) is 9.90. The Balaban J connectivity index is 1.63. The Morgan fingerprint density at radius 2 is 1.10 bits per heavy atom. The summed E-state index contributed by atoms with van der Waals surface area (Å²) in [7, 11) is 0. The zero-order valence-electron chi connectivity index (χ0n) is 23.6. The molecule has 1 heterocycles. The van der Waals surface area contributed by atoms with Crippen molar-refractivity contribution in [2.45, 2.75) is 33.6 Å². The Bertz CT molecular complexity index is 1370. The largest absolute Gasteiger partial charge is 0.372 e. The van der Waals surface area contributed by atoms with Crippen LogP contribution in [0.2, 0.25) is 0 Å². The van der Waals surface area contributed by atoms with Gasteiger partial charge in [-0.25, -0.2) is 0 Å². The van der Waals surface area contributed by atoms with Crippen molar-refractivity contribution in [2.75, 3.05) is 36.0 Å². The van der Waals surface area contributed by atoms with Gasteiger partial charge in [0.1, 0.15) is 0 Å². The predicted octanol–water partition coefficient (Wildman–Crippen LogP) is 8.73. The van der Waals surface area contributed by atoms with Gasteiger partial charge in [0, 0.05) is 43.5 Å². The third-order valence-electron chi connectivity index (χ3n) is 7.82. The first-order valence-corrected chi connectivity index (χ1v) is 14.3. The second kappa shape index (κ2) is 12.2. The van der Waals surface area contributed by atoms with E-state index < -0.39 is 0 Å². The normalized spacial score (nSPS) is 13.9. The summed E-state index contributed by atoms with van der Waals surface area (Å²) in [5.74, 6) is 0.0727. The van der Waals surface area contributed by atoms with Crippen molar-refractivity contribution in [3.05, 3.63) is 131 Å². The van der Waals surface area contributed by atoms with E-state index in [0.717, 1.165) is 37.6 Å². The smallest absolute Gasteiger partial charge is 0.0675 e. The lowest BCUT2D eigenvalue weighted by Gasteiger charge is -2.23. The number of nitrogens with zero attached hydrogens (tertiary/aromatic N) is 3. The Morgan fingerprint density at radius 3 is 1.62 bits per heavy atom. The van der Waals surface area contributed by atoms with Crippen LogP contribution < -0.4 is 9.80 Å². The molecule has 198 valence electrons. The third kappa shape index (κ3) is 5.54. The van der Waals surface area contributed by atoms with Crippen molar-refractivity contribution < 1.29 is 0 Å². The summed E-state index contributed by atoms with van der Waals surface area (Å²) in [5.41, 5.74) is 10.8. The molecule has 4 aromatic rings. The average Bonchev–Trinajstić information content (AvgIpc) is 3.37. The van der Waals surface area contributed by atoms with Gasteiger partial charge in [0.2, 0.25) is 0 Å². The lowest BCUT2D eigenvalue weighted by atomic mass is 9.86. The third-order valence-corrected chi connectivity index (χ3v) is 7.82. The van der Waals surface area contributed by atoms with E-state index in [4.69, 9.17) is 4.99 Å². The van der Waals surface area contributed by atoms with Gasteiger partial charge in [-0.1, -0.05) is 78.9 Å². The second-order valence-corrected chi connectivity index (χ2v) is 9.92. The van der Waals surface area contributed by atoms with Gasteiger partial charge in [-0.2, -0.15) is 0 Å². The molecule has 0 N–H and O–H groups in total. The van der Waals surface area contributed by atoms with Crippen LogP contribution in [-0.4, -0.2) is 31.9 Å². The highest BCUT2D eigenvalue weighted by atomic mass is 15.1. The predicted molar refractivity (Wildman–Crippen MR) is 169 cm³/mol. The van der Waals surface area contributed by atoms with E-state index in [-0.39, 0.29) is 5.92 Å². The van der Waals surface area contributed by atoms with Crippen molar-refractivity contribution in [2.24, 2.45) is 4.99 Å². The second-order valence-electron chi connectivity index (χ2n) is 9.92. The Kier molecular flexibility index (Phi) is 8.27. The molecule has 1 atom stereocenters. The van der Waals surface area contributed by atoms with Crippen LogP contribution in [0, 0.1) is 0 Å². The summed E-state index contributed by atoms with van der Waals surface area (Å²) in [6.07, 6.45) is 2.43. The van der Waals surface area contributed by atoms with Crippen LogP contribution in [0.3, 0.4) is 0 Å². The van der Waals surface area contributed by atoms with Crippen molar-refractivity contribution in [3.63, 3.8) is 0 Å². The van der Waals surface area contributed by atoms with Crippen molar-refractivity contribution in [1.82, 2.24) is 0 Å². The minimum atomic E-state index is 0.0727. The highest BCUT2D eigenvalue weighted by Crippen LogP contribution is 2.41. The number of hydrogen-bond acceptors (Lipinski definition) is 3. The minimum Gasteiger partial charge on any atom is -0.372 e. The molecule has 3 nitrogen and oxygen atoms in total. The lowest BCUT2D eigenvalue weighted by molar-refractivity contribution is 0.866. The maximum absolute atomic E-state index is 5.12. The molecule has 0 bridgehead atoms. The molecule has 0 unspecified atom stereocenters. The molecule has 0 amide bonds. The van der Waals surface area contributed by atoms with Gasteiger partial charge < -0.3 is 9.80 Å². The van der Waals surface area contributed by atoms with Crippen molar-refractivity contribution >= 4 is 28.3 Å². The number of rotatable bonds is 10. The summed E-state index contributed by atoms with van der Waals surface area (Å²) < 4.78 is 0. The van der Waals surface area contributed by atoms with E-state index in [0.29, 0.717) is 0 Å². The van der Waals surface area contributed by atoms with Gasteiger partial charge in [-0.05, 0) is 85.9 Å². The van der Waals surface area contributed by atoms with E-state index in [1.165, 1.54) is 39.2 Å². The van der Waals surface area contributed by atoms with E-state index in [1.54, 1.807) is 0 Å². The summed E-state index contributed by atoms with van der Waals surface area (Å²) >= 11 is 0. The van der Waals surface area contributed by atoms with Gasteiger partial charge in [-0.3, -0.25) is 4.99 Å². The molecule has 0 saturated carbocycles. The van der Waals surface area contributed by atoms with E-state index >= 15 is 0 Å². The fourth-order valence-electron chi connectivity index (χ4n) is 5.63. The molecule has 3 heteroatoms. The molecule has 0 saturated heterocycles. The molecule has 5 rings (SSSR count). The highest BCUT2D eigenvalue weighted by molar-refractivity contribution is 6.11. The number of anilines is 2. The molecule has 0 fully saturated rings. The van der Waals surface area contributed by atoms with E-state index in [1.807, 2.05) is 0 Å². The monoisotopic (exact) mass is 513 g/mol. The molecule has 0 radical (unpaired) electrons.